The van der Waals surface area contributed by atoms with Crippen molar-refractivity contribution in [1.82, 2.24) is 0 Å². The highest BCUT2D eigenvalue weighted by Gasteiger charge is 2.22. The Morgan fingerprint density at radius 2 is 1.50 bits per heavy atom. The van der Waals surface area contributed by atoms with E-state index in [0.29, 0.717) is 11.5 Å². The molecule has 0 aliphatic heterocycles. The summed E-state index contributed by atoms with van der Waals surface area (Å²) < 4.78 is 10.2. The van der Waals surface area contributed by atoms with Gasteiger partial charge in [-0.05, 0) is 36.8 Å². The second-order valence-electron chi connectivity index (χ2n) is 4.74. The van der Waals surface area contributed by atoms with Crippen LogP contribution in [0.25, 0.3) is 0 Å². The summed E-state index contributed by atoms with van der Waals surface area (Å²) in [7, 11) is 2.95. The number of carbonyl (C=O) groups is 2. The fourth-order valence-electron chi connectivity index (χ4n) is 2.00. The lowest BCUT2D eigenvalue weighted by molar-refractivity contribution is 0.0816. The van der Waals surface area contributed by atoms with E-state index in [9.17, 15) is 9.59 Å². The zero-order chi connectivity index (χ0) is 16.3. The number of carbonyl (C=O) groups excluding carboxylic acids is 2. The van der Waals surface area contributed by atoms with Crippen molar-refractivity contribution in [2.45, 2.75) is 6.92 Å². The Morgan fingerprint density at radius 3 is 2.00 bits per heavy atom. The van der Waals surface area contributed by atoms with E-state index >= 15 is 0 Å². The van der Waals surface area contributed by atoms with Crippen LogP contribution >= 0.6 is 11.6 Å². The number of ketones is 2. The number of rotatable bonds is 5. The van der Waals surface area contributed by atoms with E-state index in [-0.39, 0.29) is 16.1 Å². The van der Waals surface area contributed by atoms with Gasteiger partial charge < -0.3 is 9.47 Å². The lowest BCUT2D eigenvalue weighted by Crippen LogP contribution is -2.15. The van der Waals surface area contributed by atoms with Gasteiger partial charge in [-0.15, -0.1) is 0 Å². The number of Topliss-reactive ketones (excluding diaryl/α,β-unsaturated/α-hetero) is 2. The number of benzene rings is 2. The molecule has 0 heterocycles. The van der Waals surface area contributed by atoms with Crippen molar-refractivity contribution in [3.63, 3.8) is 0 Å². The van der Waals surface area contributed by atoms with E-state index in [2.05, 4.69) is 0 Å². The van der Waals surface area contributed by atoms with Crippen molar-refractivity contribution in [1.29, 1.82) is 0 Å². The Balaban J connectivity index is 2.40. The monoisotopic (exact) mass is 318 g/mol. The molecule has 0 aromatic heterocycles. The maximum absolute atomic E-state index is 12.4. The Kier molecular flexibility index (Phi) is 4.83. The molecule has 0 amide bonds. The van der Waals surface area contributed by atoms with Gasteiger partial charge in [-0.1, -0.05) is 17.7 Å². The fraction of sp³-hybridized carbons (Fsp3) is 0.176. The average molecular weight is 319 g/mol. The van der Waals surface area contributed by atoms with Crippen LogP contribution < -0.4 is 9.47 Å². The third kappa shape index (κ3) is 3.28. The lowest BCUT2D eigenvalue weighted by Gasteiger charge is -2.08. The normalized spacial score (nSPS) is 10.2. The van der Waals surface area contributed by atoms with Gasteiger partial charge in [0.05, 0.1) is 19.2 Å². The standard InChI is InChI=1S/C17H15ClO4/c1-10-4-5-14(15(18)6-10)17(20)16(19)11-7-12(21-2)9-13(8-11)22-3/h4-9H,1-3H3. The number of aryl methyl sites for hydroxylation is 1. The minimum absolute atomic E-state index is 0.180. The maximum atomic E-state index is 12.4. The molecule has 0 aliphatic carbocycles. The van der Waals surface area contributed by atoms with Crippen molar-refractivity contribution in [2.24, 2.45) is 0 Å². The van der Waals surface area contributed by atoms with Gasteiger partial charge in [-0.3, -0.25) is 9.59 Å². The van der Waals surface area contributed by atoms with Gasteiger partial charge in [-0.2, -0.15) is 0 Å². The second kappa shape index (κ2) is 6.62. The summed E-state index contributed by atoms with van der Waals surface area (Å²) in [5, 5.41) is 0.258. The van der Waals surface area contributed by atoms with Crippen molar-refractivity contribution in [3.05, 3.63) is 58.1 Å². The lowest BCUT2D eigenvalue weighted by atomic mass is 10.00. The molecule has 0 aliphatic rings. The summed E-state index contributed by atoms with van der Waals surface area (Å²) in [4.78, 5) is 24.8. The zero-order valence-electron chi connectivity index (χ0n) is 12.5. The van der Waals surface area contributed by atoms with Gasteiger partial charge >= 0.3 is 0 Å². The smallest absolute Gasteiger partial charge is 0.235 e. The van der Waals surface area contributed by atoms with Crippen LogP contribution in [0.4, 0.5) is 0 Å². The van der Waals surface area contributed by atoms with Crippen LogP contribution in [0, 0.1) is 6.92 Å². The quantitative estimate of drug-likeness (QED) is 0.622. The SMILES string of the molecule is COc1cc(OC)cc(C(=O)C(=O)c2ccc(C)cc2Cl)c1. The third-order valence-corrected chi connectivity index (χ3v) is 3.50. The molecule has 0 N–H and O–H groups in total. The summed E-state index contributed by atoms with van der Waals surface area (Å²) in [6.07, 6.45) is 0. The van der Waals surface area contributed by atoms with E-state index in [0.717, 1.165) is 5.56 Å². The highest BCUT2D eigenvalue weighted by Crippen LogP contribution is 2.25. The molecule has 2 aromatic carbocycles. The summed E-state index contributed by atoms with van der Waals surface area (Å²) in [5.74, 6) is -0.459. The van der Waals surface area contributed by atoms with Crippen LogP contribution in [0.2, 0.25) is 5.02 Å². The first-order valence-electron chi connectivity index (χ1n) is 6.54. The van der Waals surface area contributed by atoms with Crippen molar-refractivity contribution < 1.29 is 19.1 Å². The molecule has 0 saturated carbocycles. The maximum Gasteiger partial charge on any atom is 0.235 e. The van der Waals surface area contributed by atoms with E-state index in [1.165, 1.54) is 26.4 Å². The second-order valence-corrected chi connectivity index (χ2v) is 5.15. The van der Waals surface area contributed by atoms with Crippen LogP contribution in [-0.2, 0) is 0 Å². The first-order chi connectivity index (χ1) is 10.5. The topological polar surface area (TPSA) is 52.6 Å². The molecular formula is C17H15ClO4. The van der Waals surface area contributed by atoms with E-state index < -0.39 is 11.6 Å². The van der Waals surface area contributed by atoms with E-state index in [1.807, 2.05) is 6.92 Å². The molecule has 0 fully saturated rings. The Bertz CT molecular complexity index is 715. The van der Waals surface area contributed by atoms with Crippen LogP contribution in [0.1, 0.15) is 26.3 Å². The van der Waals surface area contributed by atoms with Gasteiger partial charge in [0, 0.05) is 17.2 Å². The van der Waals surface area contributed by atoms with Gasteiger partial charge in [0.2, 0.25) is 11.6 Å². The molecule has 0 spiro atoms. The fourth-order valence-corrected chi connectivity index (χ4v) is 2.32. The summed E-state index contributed by atoms with van der Waals surface area (Å²) in [6.45, 7) is 1.86. The molecule has 0 saturated heterocycles. The molecule has 2 rings (SSSR count). The van der Waals surface area contributed by atoms with Crippen LogP contribution in [-0.4, -0.2) is 25.8 Å². The first-order valence-corrected chi connectivity index (χ1v) is 6.92. The minimum atomic E-state index is -0.666. The molecular weight excluding hydrogens is 304 g/mol. The number of methoxy groups -OCH3 is 2. The molecule has 5 heteroatoms. The number of ether oxygens (including phenoxy) is 2. The molecule has 0 radical (unpaired) electrons. The average Bonchev–Trinajstić information content (AvgIpc) is 2.53. The van der Waals surface area contributed by atoms with Crippen molar-refractivity contribution in [3.8, 4) is 11.5 Å². The number of hydrogen-bond donors (Lipinski definition) is 0. The van der Waals surface area contributed by atoms with Crippen molar-refractivity contribution in [2.75, 3.05) is 14.2 Å². The predicted octanol–water partition coefficient (Wildman–Crippen LogP) is 3.73. The third-order valence-electron chi connectivity index (χ3n) is 3.19. The molecule has 0 bridgehead atoms. The molecule has 0 atom stereocenters. The number of hydrogen-bond acceptors (Lipinski definition) is 4. The summed E-state index contributed by atoms with van der Waals surface area (Å²) in [6, 6.07) is 9.54. The van der Waals surface area contributed by atoms with E-state index in [4.69, 9.17) is 21.1 Å². The zero-order valence-corrected chi connectivity index (χ0v) is 13.2. The van der Waals surface area contributed by atoms with Gasteiger partial charge in [0.25, 0.3) is 0 Å². The summed E-state index contributed by atoms with van der Waals surface area (Å²) >= 11 is 6.05. The van der Waals surface area contributed by atoms with Gasteiger partial charge in [-0.25, -0.2) is 0 Å². The van der Waals surface area contributed by atoms with Crippen LogP contribution in [0.15, 0.2) is 36.4 Å². The van der Waals surface area contributed by atoms with Crippen LogP contribution in [0.5, 0.6) is 11.5 Å². The van der Waals surface area contributed by atoms with Gasteiger partial charge in [0.1, 0.15) is 11.5 Å². The van der Waals surface area contributed by atoms with Crippen molar-refractivity contribution >= 4 is 23.2 Å². The largest absolute Gasteiger partial charge is 0.497 e. The highest BCUT2D eigenvalue weighted by atomic mass is 35.5. The highest BCUT2D eigenvalue weighted by molar-refractivity contribution is 6.52. The molecule has 0 unspecified atom stereocenters. The molecule has 2 aromatic rings. The summed E-state index contributed by atoms with van der Waals surface area (Å²) in [5.41, 5.74) is 1.29. The predicted molar refractivity (Wildman–Crippen MR) is 84.4 cm³/mol. The molecule has 114 valence electrons. The Labute approximate surface area is 133 Å². The Hall–Kier alpha value is -2.33. The first kappa shape index (κ1) is 16.0. The Morgan fingerprint density at radius 1 is 0.909 bits per heavy atom. The number of halogens is 1. The van der Waals surface area contributed by atoms with Crippen LogP contribution in [0.3, 0.4) is 0 Å². The minimum Gasteiger partial charge on any atom is -0.497 e. The van der Waals surface area contributed by atoms with E-state index in [1.54, 1.807) is 24.3 Å². The molecule has 22 heavy (non-hydrogen) atoms. The molecule has 4 nitrogen and oxygen atoms in total. The van der Waals surface area contributed by atoms with Gasteiger partial charge in [0.15, 0.2) is 0 Å².